The van der Waals surface area contributed by atoms with Gasteiger partial charge in [-0.1, -0.05) is 163 Å². The number of rotatable bonds is 32. The van der Waals surface area contributed by atoms with Crippen LogP contribution in [0.3, 0.4) is 0 Å². The molecule has 0 spiro atoms. The fourth-order valence-electron chi connectivity index (χ4n) is 12.0. The van der Waals surface area contributed by atoms with E-state index in [-0.39, 0.29) is 30.0 Å². The fraction of sp³-hybridized carbons (Fsp3) is 0.463. The van der Waals surface area contributed by atoms with Crippen molar-refractivity contribution in [3.05, 3.63) is 177 Å². The van der Waals surface area contributed by atoms with Gasteiger partial charge in [0.15, 0.2) is 35.6 Å². The van der Waals surface area contributed by atoms with Crippen molar-refractivity contribution in [2.24, 2.45) is 5.92 Å². The molecule has 468 valence electrons. The maximum Gasteiger partial charge on any atom is 0.330 e. The Morgan fingerprint density at radius 1 is 0.682 bits per heavy atom. The van der Waals surface area contributed by atoms with Crippen LogP contribution in [0.1, 0.15) is 149 Å². The molecule has 2 fully saturated rings. The van der Waals surface area contributed by atoms with Crippen LogP contribution in [0, 0.1) is 5.92 Å². The number of halogens is 1. The van der Waals surface area contributed by atoms with Gasteiger partial charge in [0, 0.05) is 43.7 Å². The van der Waals surface area contributed by atoms with E-state index in [2.05, 4.69) is 32.2 Å². The summed E-state index contributed by atoms with van der Waals surface area (Å²) in [7, 11) is 4.51. The number of fused-ring (bicyclic) bond motifs is 1. The molecule has 0 radical (unpaired) electrons. The predicted molar refractivity (Wildman–Crippen MR) is 329 cm³/mol. The first-order chi connectivity index (χ1) is 42.9. The van der Waals surface area contributed by atoms with Gasteiger partial charge in [0.1, 0.15) is 41.7 Å². The van der Waals surface area contributed by atoms with Gasteiger partial charge >= 0.3 is 5.69 Å². The molecule has 3 N–H and O–H groups in total. The van der Waals surface area contributed by atoms with Crippen LogP contribution in [0.2, 0.25) is 0 Å². The molecule has 7 aromatic rings. The average Bonchev–Trinajstić information content (AvgIpc) is 1.34. The highest BCUT2D eigenvalue weighted by Gasteiger charge is 2.51. The summed E-state index contributed by atoms with van der Waals surface area (Å²) in [6.45, 7) is 1.40. The number of amides is 3. The number of alkyl halides is 1. The number of imidazole rings is 1. The van der Waals surface area contributed by atoms with Gasteiger partial charge in [-0.15, -0.1) is 0 Å². The molecule has 9 rings (SSSR count). The van der Waals surface area contributed by atoms with Crippen molar-refractivity contribution in [3.63, 3.8) is 0 Å². The Hall–Kier alpha value is -7.95. The summed E-state index contributed by atoms with van der Waals surface area (Å²) in [6.07, 6.45) is 8.73. The number of aromatic nitrogens is 6. The molecule has 2 saturated heterocycles. The van der Waals surface area contributed by atoms with Crippen molar-refractivity contribution in [2.45, 2.75) is 158 Å². The first-order valence-electron chi connectivity index (χ1n) is 30.7. The van der Waals surface area contributed by atoms with Crippen LogP contribution < -0.4 is 26.0 Å². The zero-order valence-corrected chi connectivity index (χ0v) is 50.5. The quantitative estimate of drug-likeness (QED) is 0.0262. The van der Waals surface area contributed by atoms with Gasteiger partial charge in [0.2, 0.25) is 11.8 Å². The molecule has 0 unspecified atom stereocenters. The number of benzene rings is 4. The monoisotopic (exact) mass is 1210 g/mol. The summed E-state index contributed by atoms with van der Waals surface area (Å²) >= 11 is 0. The molecule has 0 bridgehead atoms. The highest BCUT2D eigenvalue weighted by atomic mass is 19.1. The molecule has 3 amide bonds. The summed E-state index contributed by atoms with van der Waals surface area (Å²) in [5.41, 5.74) is -0.200. The van der Waals surface area contributed by atoms with Crippen molar-refractivity contribution in [1.29, 1.82) is 0 Å². The van der Waals surface area contributed by atoms with Crippen LogP contribution in [-0.2, 0) is 34.1 Å². The maximum atomic E-state index is 17.8. The first-order valence-corrected chi connectivity index (χ1v) is 30.7. The highest BCUT2D eigenvalue weighted by Crippen LogP contribution is 2.45. The van der Waals surface area contributed by atoms with Crippen molar-refractivity contribution < 1.29 is 52.3 Å². The average molecular weight is 1210 g/mol. The number of carbonyl (C=O) groups is 3. The van der Waals surface area contributed by atoms with E-state index in [1.165, 1.54) is 75.7 Å². The lowest BCUT2D eigenvalue weighted by atomic mass is 9.80. The Bertz CT molecular complexity index is 3430. The largest absolute Gasteiger partial charge is 0.497 e. The fourth-order valence-corrected chi connectivity index (χ4v) is 12.0. The molecule has 4 aromatic carbocycles. The number of aliphatic hydroxyl groups is 1. The normalized spacial score (nSPS) is 20.1. The third-order valence-corrected chi connectivity index (χ3v) is 16.8. The molecule has 8 atom stereocenters. The van der Waals surface area contributed by atoms with Crippen LogP contribution in [0.25, 0.3) is 11.2 Å². The third kappa shape index (κ3) is 15.3. The first kappa shape index (κ1) is 64.5. The number of nitrogens with zero attached hydrogens (tertiary/aromatic N) is 6. The summed E-state index contributed by atoms with van der Waals surface area (Å²) in [5, 5.41) is 14.9. The van der Waals surface area contributed by atoms with E-state index in [0.717, 1.165) is 53.8 Å². The summed E-state index contributed by atoms with van der Waals surface area (Å²) < 4.78 is 57.5. The predicted octanol–water partition coefficient (Wildman–Crippen LogP) is 10.4. The molecule has 20 nitrogen and oxygen atoms in total. The van der Waals surface area contributed by atoms with Crippen LogP contribution in [0.5, 0.6) is 11.5 Å². The molecule has 0 aliphatic carbocycles. The molecule has 3 aromatic heterocycles. The zero-order valence-electron chi connectivity index (χ0n) is 50.5. The smallest absolute Gasteiger partial charge is 0.330 e. The van der Waals surface area contributed by atoms with Crippen molar-refractivity contribution >= 4 is 34.7 Å². The Morgan fingerprint density at radius 2 is 1.25 bits per heavy atom. The molecule has 0 saturated carbocycles. The molecule has 2 aliphatic heterocycles. The van der Waals surface area contributed by atoms with Gasteiger partial charge in [0.25, 0.3) is 11.5 Å². The second kappa shape index (κ2) is 31.3. The number of ether oxygens (including phenoxy) is 6. The number of methoxy groups -OCH3 is 3. The number of aromatic amines is 1. The molecule has 5 heterocycles. The number of imide groups is 1. The van der Waals surface area contributed by atoms with Crippen LogP contribution in [0.15, 0.2) is 144 Å². The number of hydrogen-bond donors (Lipinski definition) is 3. The number of hydrogen-bond acceptors (Lipinski definition) is 15. The molecular formula is C67H81FN8O12. The SMILES string of the molecule is CCCCCCCCCCCCCCCCC(=O)N(C[C@H]1O[C@H](n2cnc3c(NC(=O)c4ccccc4)ncnc32)[C@H](OC)[C@@H]1O)C(=O)C[C@@H]1[C@H](F)[C@@H](n2ccc(=O)[nH]c2=O)O[C@H]1COC(c1ccccc1)(c1ccc(OC)cc1)c1ccc(OC)cc1. The maximum absolute atomic E-state index is 17.8. The van der Waals surface area contributed by atoms with E-state index >= 15 is 9.18 Å². The number of aliphatic hydroxyl groups excluding tert-OH is 1. The van der Waals surface area contributed by atoms with Gasteiger partial charge < -0.3 is 38.8 Å². The molecule has 21 heteroatoms. The number of nitrogens with one attached hydrogen (secondary N) is 2. The summed E-state index contributed by atoms with van der Waals surface area (Å²) in [5.74, 6) is -1.85. The highest BCUT2D eigenvalue weighted by molar-refractivity contribution is 6.06. The minimum absolute atomic E-state index is 0.0320. The Kier molecular flexibility index (Phi) is 22.9. The number of carbonyl (C=O) groups excluding carboxylic acids is 3. The molecule has 88 heavy (non-hydrogen) atoms. The van der Waals surface area contributed by atoms with Crippen molar-refractivity contribution in [1.82, 2.24) is 34.0 Å². The number of H-pyrrole nitrogens is 1. The second-order valence-electron chi connectivity index (χ2n) is 22.6. The van der Waals surface area contributed by atoms with Crippen LogP contribution in [0.4, 0.5) is 10.2 Å². The van der Waals surface area contributed by atoms with E-state index in [9.17, 15) is 24.3 Å². The van der Waals surface area contributed by atoms with Crippen molar-refractivity contribution in [2.75, 3.05) is 39.8 Å². The Labute approximate surface area is 511 Å². The Balaban J connectivity index is 0.993. The second-order valence-corrected chi connectivity index (χ2v) is 22.6. The Morgan fingerprint density at radius 3 is 1.83 bits per heavy atom. The summed E-state index contributed by atoms with van der Waals surface area (Å²) in [4.78, 5) is 85.6. The standard InChI is InChI=1S/C67H81FN8O12/c1-5-6-7-8-9-10-11-12-13-14-15-16-17-24-29-55(78)75(41-52-59(80)60(85-4)65(87-52)76-44-71-58-61(69-43-70-62(58)76)73-63(81)45-25-20-18-21-26-45)56(79)40-51-53(88-64(57(51)68)74-39-38-54(77)72-66(74)82)42-86-67(46-27-22-19-23-28-46,47-30-34-49(83-2)35-31-47)48-32-36-50(84-3)37-33-48/h18-23,25-28,30-39,43-44,51-53,57,59-60,64-65,80H,5-17,24,29,40-42H2,1-4H3,(H,72,77,82)(H,69,70,73,81)/t51-,52+,53-,57-,59+,60+,64-,65-/m0/s1. The topological polar surface area (TPSA) is 241 Å². The molecule has 2 aliphatic rings. The van der Waals surface area contributed by atoms with Gasteiger partial charge in [-0.25, -0.2) is 24.1 Å². The lowest BCUT2D eigenvalue weighted by Gasteiger charge is -2.37. The number of anilines is 1. The van der Waals surface area contributed by atoms with Gasteiger partial charge in [-0.3, -0.25) is 38.2 Å². The van der Waals surface area contributed by atoms with E-state index in [1.807, 2.05) is 54.6 Å². The van der Waals surface area contributed by atoms with Crippen LogP contribution >= 0.6 is 0 Å². The minimum atomic E-state index is -2.08. The van der Waals surface area contributed by atoms with E-state index in [4.69, 9.17) is 28.4 Å². The lowest BCUT2D eigenvalue weighted by Crippen LogP contribution is -2.47. The zero-order chi connectivity index (χ0) is 62.0. The molecular weight excluding hydrogens is 1130 g/mol. The summed E-state index contributed by atoms with van der Waals surface area (Å²) in [6, 6.07) is 33.7. The van der Waals surface area contributed by atoms with Crippen molar-refractivity contribution in [3.8, 4) is 11.5 Å². The van der Waals surface area contributed by atoms with E-state index in [1.54, 1.807) is 68.8 Å². The van der Waals surface area contributed by atoms with Gasteiger partial charge in [-0.05, 0) is 59.5 Å². The van der Waals surface area contributed by atoms with Gasteiger partial charge in [-0.2, -0.15) is 0 Å². The third-order valence-electron chi connectivity index (χ3n) is 16.8. The lowest BCUT2D eigenvalue weighted by molar-refractivity contribution is -0.150. The minimum Gasteiger partial charge on any atom is -0.497 e. The number of unbranched alkanes of at least 4 members (excludes halogenated alkanes) is 13. The van der Waals surface area contributed by atoms with E-state index in [0.29, 0.717) is 40.2 Å². The van der Waals surface area contributed by atoms with Gasteiger partial charge in [0.05, 0.1) is 39.8 Å². The van der Waals surface area contributed by atoms with E-state index < -0.39 is 96.5 Å². The van der Waals surface area contributed by atoms with Crippen LogP contribution in [-0.4, -0.2) is 122 Å².